The summed E-state index contributed by atoms with van der Waals surface area (Å²) in [6.45, 7) is 0. The minimum absolute atomic E-state index is 0.141. The highest BCUT2D eigenvalue weighted by atomic mass is 19.1. The third-order valence-corrected chi connectivity index (χ3v) is 4.53. The van der Waals surface area contributed by atoms with E-state index in [4.69, 9.17) is 8.83 Å². The van der Waals surface area contributed by atoms with Crippen molar-refractivity contribution in [3.8, 4) is 0 Å². The van der Waals surface area contributed by atoms with E-state index in [1.54, 1.807) is 36.4 Å². The van der Waals surface area contributed by atoms with Crippen LogP contribution in [0.1, 0.15) is 39.2 Å². The number of Topliss-reactive ketones (excluding diaryl/α,β-unsaturated/α-hetero) is 2. The van der Waals surface area contributed by atoms with Crippen LogP contribution in [0.25, 0.3) is 0 Å². The van der Waals surface area contributed by atoms with Crippen molar-refractivity contribution in [3.63, 3.8) is 0 Å². The van der Waals surface area contributed by atoms with Gasteiger partial charge in [0.15, 0.2) is 0 Å². The van der Waals surface area contributed by atoms with Crippen molar-refractivity contribution >= 4 is 11.6 Å². The van der Waals surface area contributed by atoms with Gasteiger partial charge in [-0.3, -0.25) is 9.59 Å². The number of furan rings is 1. The molecule has 4 aromatic rings. The molecule has 0 saturated heterocycles. The van der Waals surface area contributed by atoms with Crippen LogP contribution < -0.4 is 0 Å². The summed E-state index contributed by atoms with van der Waals surface area (Å²) < 4.78 is 36.9. The summed E-state index contributed by atoms with van der Waals surface area (Å²) in [7, 11) is 0. The topological polar surface area (TPSA) is 86.2 Å². The maximum absolute atomic E-state index is 13.0. The lowest BCUT2D eigenvalue weighted by atomic mass is 10.1. The molecule has 0 unspecified atom stereocenters. The first-order chi connectivity index (χ1) is 15.0. The molecule has 0 radical (unpaired) electrons. The van der Waals surface area contributed by atoms with Gasteiger partial charge in [0.05, 0.1) is 12.8 Å². The lowest BCUT2D eigenvalue weighted by Crippen LogP contribution is -2.16. The van der Waals surface area contributed by atoms with Crippen LogP contribution in [0, 0.1) is 11.6 Å². The van der Waals surface area contributed by atoms with E-state index in [2.05, 4.69) is 10.2 Å². The molecule has 156 valence electrons. The third kappa shape index (κ3) is 5.16. The Labute approximate surface area is 175 Å². The molecule has 0 N–H and O–H groups in total. The summed E-state index contributed by atoms with van der Waals surface area (Å²) >= 11 is 0. The van der Waals surface area contributed by atoms with Gasteiger partial charge in [0.25, 0.3) is 11.7 Å². The number of halogens is 2. The zero-order valence-corrected chi connectivity index (χ0v) is 16.2. The van der Waals surface area contributed by atoms with Gasteiger partial charge in [-0.15, -0.1) is 10.2 Å². The Balaban J connectivity index is 1.36. The van der Waals surface area contributed by atoms with Crippen molar-refractivity contribution in [2.75, 3.05) is 0 Å². The molecule has 0 saturated carbocycles. The van der Waals surface area contributed by atoms with Crippen LogP contribution >= 0.6 is 0 Å². The highest BCUT2D eigenvalue weighted by molar-refractivity contribution is 6.42. The fourth-order valence-electron chi connectivity index (χ4n) is 2.97. The Bertz CT molecular complexity index is 1210. The van der Waals surface area contributed by atoms with Crippen molar-refractivity contribution < 1.29 is 27.2 Å². The molecule has 31 heavy (non-hydrogen) atoms. The number of carbonyl (C=O) groups is 2. The molecule has 2 aromatic heterocycles. The molecule has 0 aliphatic heterocycles. The second kappa shape index (κ2) is 8.83. The zero-order chi connectivity index (χ0) is 21.8. The molecule has 0 atom stereocenters. The fraction of sp³-hybridized carbons (Fsp3) is 0.130. The normalized spacial score (nSPS) is 10.9. The van der Waals surface area contributed by atoms with Crippen molar-refractivity contribution in [2.24, 2.45) is 0 Å². The van der Waals surface area contributed by atoms with Crippen LogP contribution in [0.4, 0.5) is 8.78 Å². The van der Waals surface area contributed by atoms with Crippen LogP contribution in [0.15, 0.2) is 69.5 Å². The maximum atomic E-state index is 13.0. The quantitative estimate of drug-likeness (QED) is 0.314. The summed E-state index contributed by atoms with van der Waals surface area (Å²) in [5, 5.41) is 7.41. The lowest BCUT2D eigenvalue weighted by Gasteiger charge is -1.99. The van der Waals surface area contributed by atoms with Gasteiger partial charge in [-0.25, -0.2) is 8.78 Å². The van der Waals surface area contributed by atoms with E-state index in [0.29, 0.717) is 17.9 Å². The molecule has 0 fully saturated rings. The van der Waals surface area contributed by atoms with Crippen molar-refractivity contribution in [3.05, 3.63) is 107 Å². The van der Waals surface area contributed by atoms with Crippen molar-refractivity contribution in [2.45, 2.75) is 19.3 Å². The van der Waals surface area contributed by atoms with Gasteiger partial charge in [-0.1, -0.05) is 24.3 Å². The van der Waals surface area contributed by atoms with Crippen LogP contribution in [-0.4, -0.2) is 21.8 Å². The number of hydrogen-bond acceptors (Lipinski definition) is 6. The number of aromatic nitrogens is 2. The summed E-state index contributed by atoms with van der Waals surface area (Å²) in [4.78, 5) is 24.6. The Morgan fingerprint density at radius 3 is 1.94 bits per heavy atom. The van der Waals surface area contributed by atoms with E-state index in [9.17, 15) is 18.4 Å². The van der Waals surface area contributed by atoms with E-state index in [-0.39, 0.29) is 30.4 Å². The molecule has 0 spiro atoms. The van der Waals surface area contributed by atoms with Crippen molar-refractivity contribution in [1.29, 1.82) is 0 Å². The predicted octanol–water partition coefficient (Wildman–Crippen LogP) is 4.12. The summed E-state index contributed by atoms with van der Waals surface area (Å²) in [6, 6.07) is 15.0. The maximum Gasteiger partial charge on any atom is 0.292 e. The van der Waals surface area contributed by atoms with Gasteiger partial charge in [0.1, 0.15) is 23.2 Å². The fourth-order valence-corrected chi connectivity index (χ4v) is 2.97. The van der Waals surface area contributed by atoms with Crippen LogP contribution in [0.3, 0.4) is 0 Å². The Hall–Kier alpha value is -3.94. The smallest absolute Gasteiger partial charge is 0.292 e. The van der Waals surface area contributed by atoms with E-state index in [1.807, 2.05) is 0 Å². The number of nitrogens with zero attached hydrogens (tertiary/aromatic N) is 2. The first kappa shape index (κ1) is 20.3. The summed E-state index contributed by atoms with van der Waals surface area (Å²) in [6.07, 6.45) is 0.385. The molecule has 0 amide bonds. The molecule has 6 nitrogen and oxygen atoms in total. The number of benzene rings is 2. The first-order valence-electron chi connectivity index (χ1n) is 9.42. The molecule has 4 rings (SSSR count). The number of rotatable bonds is 8. The standard InChI is InChI=1S/C23H16F2N2O4/c24-16-5-1-14(2-6-16)11-18-9-10-19(30-18)13-20(28)22(29)23-27-26-21(31-23)12-15-3-7-17(25)8-4-15/h1-10H,11-13H2. The molecule has 8 heteroatoms. The van der Waals surface area contributed by atoms with Gasteiger partial charge in [0.2, 0.25) is 11.7 Å². The van der Waals surface area contributed by atoms with E-state index >= 15 is 0 Å². The van der Waals surface area contributed by atoms with Gasteiger partial charge in [0, 0.05) is 6.42 Å². The average Bonchev–Trinajstić information content (AvgIpc) is 3.40. The molecule has 0 bridgehead atoms. The van der Waals surface area contributed by atoms with E-state index in [1.165, 1.54) is 24.3 Å². The SMILES string of the molecule is O=C(Cc1ccc(Cc2ccc(F)cc2)o1)C(=O)c1nnc(Cc2ccc(F)cc2)o1. The molecule has 2 aromatic carbocycles. The minimum atomic E-state index is -0.908. The second-order valence-electron chi connectivity index (χ2n) is 6.90. The zero-order valence-electron chi connectivity index (χ0n) is 16.2. The minimum Gasteiger partial charge on any atom is -0.465 e. The molecule has 0 aliphatic rings. The molecular formula is C23H16F2N2O4. The highest BCUT2D eigenvalue weighted by Crippen LogP contribution is 2.16. The van der Waals surface area contributed by atoms with E-state index in [0.717, 1.165) is 11.1 Å². The lowest BCUT2D eigenvalue weighted by molar-refractivity contribution is -0.114. The van der Waals surface area contributed by atoms with Crippen LogP contribution in [-0.2, 0) is 24.1 Å². The Morgan fingerprint density at radius 1 is 0.710 bits per heavy atom. The third-order valence-electron chi connectivity index (χ3n) is 4.53. The Morgan fingerprint density at radius 2 is 1.29 bits per heavy atom. The largest absolute Gasteiger partial charge is 0.465 e. The summed E-state index contributed by atoms with van der Waals surface area (Å²) in [5.41, 5.74) is 1.57. The van der Waals surface area contributed by atoms with Gasteiger partial charge >= 0.3 is 0 Å². The van der Waals surface area contributed by atoms with Gasteiger partial charge in [-0.2, -0.15) is 0 Å². The van der Waals surface area contributed by atoms with Gasteiger partial charge < -0.3 is 8.83 Å². The number of hydrogen-bond donors (Lipinski definition) is 0. The molecule has 0 aliphatic carbocycles. The van der Waals surface area contributed by atoms with Gasteiger partial charge in [-0.05, 0) is 47.5 Å². The number of carbonyl (C=O) groups excluding carboxylic acids is 2. The Kier molecular flexibility index (Phi) is 5.79. The number of ketones is 2. The molecular weight excluding hydrogens is 406 g/mol. The van der Waals surface area contributed by atoms with Crippen molar-refractivity contribution in [1.82, 2.24) is 10.2 Å². The molecule has 2 heterocycles. The summed E-state index contributed by atoms with van der Waals surface area (Å²) in [5.74, 6) is -1.70. The van der Waals surface area contributed by atoms with E-state index < -0.39 is 17.5 Å². The predicted molar refractivity (Wildman–Crippen MR) is 104 cm³/mol. The second-order valence-corrected chi connectivity index (χ2v) is 6.90. The average molecular weight is 422 g/mol. The monoisotopic (exact) mass is 422 g/mol. The first-order valence-corrected chi connectivity index (χ1v) is 9.42. The van der Waals surface area contributed by atoms with Crippen LogP contribution in [0.5, 0.6) is 0 Å². The van der Waals surface area contributed by atoms with Crippen LogP contribution in [0.2, 0.25) is 0 Å². The highest BCUT2D eigenvalue weighted by Gasteiger charge is 2.24.